The first kappa shape index (κ1) is 12.1. The highest BCUT2D eigenvalue weighted by atomic mass is 32.1. The van der Waals surface area contributed by atoms with Crippen LogP contribution in [-0.4, -0.2) is 23.2 Å². The summed E-state index contributed by atoms with van der Waals surface area (Å²) in [6.07, 6.45) is 0. The van der Waals surface area contributed by atoms with Crippen molar-refractivity contribution in [2.75, 3.05) is 7.11 Å². The van der Waals surface area contributed by atoms with Gasteiger partial charge in [-0.2, -0.15) is 0 Å². The molecule has 0 saturated heterocycles. The second-order valence-corrected chi connectivity index (χ2v) is 2.81. The maximum atomic E-state index is 10.3. The van der Waals surface area contributed by atoms with Gasteiger partial charge in [-0.05, 0) is 0 Å². The van der Waals surface area contributed by atoms with E-state index in [1.807, 2.05) is 13.8 Å². The van der Waals surface area contributed by atoms with Crippen LogP contribution in [0.2, 0.25) is 0 Å². The average Bonchev–Trinajstić information content (AvgIpc) is 2.57. The summed E-state index contributed by atoms with van der Waals surface area (Å²) in [5, 5.41) is 10.7. The first-order valence-electron chi connectivity index (χ1n) is 3.90. The van der Waals surface area contributed by atoms with Gasteiger partial charge in [0.15, 0.2) is 5.69 Å². The maximum absolute atomic E-state index is 10.3. The molecule has 0 saturated carbocycles. The standard InChI is InChI=1S/C6H7NO3S.C2H6/c1-10-2-5-7-4(3-11-5)6(8)9;1-2/h3H,2H2,1H3,(H,8,9);1-2H3. The van der Waals surface area contributed by atoms with E-state index in [1.54, 1.807) is 7.11 Å². The van der Waals surface area contributed by atoms with Crippen LogP contribution in [0, 0.1) is 0 Å². The number of rotatable bonds is 3. The van der Waals surface area contributed by atoms with Crippen LogP contribution in [0.4, 0.5) is 0 Å². The second-order valence-electron chi connectivity index (χ2n) is 1.86. The summed E-state index contributed by atoms with van der Waals surface area (Å²) in [6.45, 7) is 4.37. The second kappa shape index (κ2) is 6.56. The first-order valence-corrected chi connectivity index (χ1v) is 4.78. The Kier molecular flexibility index (Phi) is 6.09. The molecule has 0 aliphatic heterocycles. The Morgan fingerprint density at radius 1 is 1.69 bits per heavy atom. The van der Waals surface area contributed by atoms with Gasteiger partial charge in [-0.1, -0.05) is 13.8 Å². The zero-order valence-electron chi connectivity index (χ0n) is 7.90. The summed E-state index contributed by atoms with van der Waals surface area (Å²) in [5.41, 5.74) is 0.0852. The minimum Gasteiger partial charge on any atom is -0.476 e. The van der Waals surface area contributed by atoms with E-state index in [2.05, 4.69) is 4.98 Å². The molecule has 0 spiro atoms. The van der Waals surface area contributed by atoms with Crippen LogP contribution in [0.25, 0.3) is 0 Å². The molecule has 0 fully saturated rings. The van der Waals surface area contributed by atoms with Crippen molar-refractivity contribution in [3.8, 4) is 0 Å². The van der Waals surface area contributed by atoms with E-state index in [0.29, 0.717) is 11.6 Å². The van der Waals surface area contributed by atoms with E-state index in [1.165, 1.54) is 16.7 Å². The topological polar surface area (TPSA) is 59.4 Å². The normalized spacial score (nSPS) is 8.85. The van der Waals surface area contributed by atoms with Crippen LogP contribution in [0.1, 0.15) is 29.3 Å². The Bertz CT molecular complexity index is 260. The average molecular weight is 203 g/mol. The monoisotopic (exact) mass is 203 g/mol. The number of ether oxygens (including phenoxy) is 1. The molecule has 0 amide bonds. The predicted molar refractivity (Wildman–Crippen MR) is 51.1 cm³/mol. The summed E-state index contributed by atoms with van der Waals surface area (Å²) in [5.74, 6) is -0.997. The number of carboxylic acid groups (broad SMARTS) is 1. The molecule has 13 heavy (non-hydrogen) atoms. The fourth-order valence-electron chi connectivity index (χ4n) is 0.599. The summed E-state index contributed by atoms with van der Waals surface area (Å²) in [7, 11) is 1.54. The molecule has 0 atom stereocenters. The quantitative estimate of drug-likeness (QED) is 0.816. The van der Waals surface area contributed by atoms with Crippen molar-refractivity contribution >= 4 is 17.3 Å². The molecule has 4 nitrogen and oxygen atoms in total. The van der Waals surface area contributed by atoms with Crippen LogP contribution >= 0.6 is 11.3 Å². The van der Waals surface area contributed by atoms with Crippen LogP contribution in [0.15, 0.2) is 5.38 Å². The molecule has 0 radical (unpaired) electrons. The molecular formula is C8H13NO3S. The van der Waals surface area contributed by atoms with Crippen molar-refractivity contribution in [3.63, 3.8) is 0 Å². The van der Waals surface area contributed by atoms with Crippen molar-refractivity contribution in [1.29, 1.82) is 0 Å². The van der Waals surface area contributed by atoms with Gasteiger partial charge in [-0.3, -0.25) is 0 Å². The lowest BCUT2D eigenvalue weighted by atomic mass is 10.5. The van der Waals surface area contributed by atoms with E-state index in [-0.39, 0.29) is 5.69 Å². The van der Waals surface area contributed by atoms with E-state index < -0.39 is 5.97 Å². The number of carboxylic acids is 1. The molecule has 0 unspecified atom stereocenters. The Balaban J connectivity index is 0.000000671. The number of hydrogen-bond donors (Lipinski definition) is 1. The van der Waals surface area contributed by atoms with E-state index in [0.717, 1.165) is 0 Å². The molecule has 0 bridgehead atoms. The molecule has 5 heteroatoms. The van der Waals surface area contributed by atoms with E-state index in [4.69, 9.17) is 9.84 Å². The van der Waals surface area contributed by atoms with Crippen LogP contribution in [0.5, 0.6) is 0 Å². The number of thiazole rings is 1. The van der Waals surface area contributed by atoms with Crippen molar-refractivity contribution in [2.24, 2.45) is 0 Å². The minimum absolute atomic E-state index is 0.0852. The maximum Gasteiger partial charge on any atom is 0.355 e. The highest BCUT2D eigenvalue weighted by Gasteiger charge is 2.07. The van der Waals surface area contributed by atoms with E-state index in [9.17, 15) is 4.79 Å². The third-order valence-electron chi connectivity index (χ3n) is 1.04. The Hall–Kier alpha value is -0.940. The van der Waals surface area contributed by atoms with Crippen LogP contribution in [-0.2, 0) is 11.3 Å². The summed E-state index contributed by atoms with van der Waals surface area (Å²) in [6, 6.07) is 0. The van der Waals surface area contributed by atoms with Gasteiger partial charge in [0, 0.05) is 12.5 Å². The molecule has 0 aromatic carbocycles. The zero-order valence-corrected chi connectivity index (χ0v) is 8.72. The lowest BCUT2D eigenvalue weighted by molar-refractivity contribution is 0.0690. The summed E-state index contributed by atoms with van der Waals surface area (Å²) >= 11 is 1.29. The smallest absolute Gasteiger partial charge is 0.355 e. The van der Waals surface area contributed by atoms with Gasteiger partial charge in [-0.15, -0.1) is 11.3 Å². The summed E-state index contributed by atoms with van der Waals surface area (Å²) < 4.78 is 4.78. The fraction of sp³-hybridized carbons (Fsp3) is 0.500. The van der Waals surface area contributed by atoms with E-state index >= 15 is 0 Å². The molecule has 1 heterocycles. The van der Waals surface area contributed by atoms with Gasteiger partial charge in [-0.25, -0.2) is 9.78 Å². The van der Waals surface area contributed by atoms with Crippen molar-refractivity contribution in [2.45, 2.75) is 20.5 Å². The van der Waals surface area contributed by atoms with Crippen LogP contribution < -0.4 is 0 Å². The van der Waals surface area contributed by atoms with Crippen molar-refractivity contribution < 1.29 is 14.6 Å². The first-order chi connectivity index (χ1) is 6.24. The SMILES string of the molecule is CC.COCc1nc(C(=O)O)cs1. The van der Waals surface area contributed by atoms with Crippen molar-refractivity contribution in [3.05, 3.63) is 16.1 Å². The lowest BCUT2D eigenvalue weighted by Gasteiger charge is -1.89. The fourth-order valence-corrected chi connectivity index (χ4v) is 1.34. The zero-order chi connectivity index (χ0) is 10.3. The third kappa shape index (κ3) is 4.00. The minimum atomic E-state index is -0.997. The highest BCUT2D eigenvalue weighted by Crippen LogP contribution is 2.09. The number of carbonyl (C=O) groups is 1. The van der Waals surface area contributed by atoms with Crippen LogP contribution in [0.3, 0.4) is 0 Å². The Labute approximate surface area is 81.2 Å². The number of aromatic nitrogens is 1. The molecule has 1 rings (SSSR count). The van der Waals surface area contributed by atoms with Gasteiger partial charge < -0.3 is 9.84 Å². The van der Waals surface area contributed by atoms with Gasteiger partial charge in [0.1, 0.15) is 5.01 Å². The number of hydrogen-bond acceptors (Lipinski definition) is 4. The number of nitrogens with zero attached hydrogens (tertiary/aromatic N) is 1. The largest absolute Gasteiger partial charge is 0.476 e. The Morgan fingerprint density at radius 2 is 2.31 bits per heavy atom. The highest BCUT2D eigenvalue weighted by molar-refractivity contribution is 7.09. The van der Waals surface area contributed by atoms with Gasteiger partial charge in [0.05, 0.1) is 6.61 Å². The van der Waals surface area contributed by atoms with Crippen molar-refractivity contribution in [1.82, 2.24) is 4.98 Å². The molecule has 1 N–H and O–H groups in total. The molecule has 0 aliphatic rings. The predicted octanol–water partition coefficient (Wildman–Crippen LogP) is 2.01. The van der Waals surface area contributed by atoms with Gasteiger partial charge >= 0.3 is 5.97 Å². The van der Waals surface area contributed by atoms with Gasteiger partial charge in [0.2, 0.25) is 0 Å². The molecule has 0 aliphatic carbocycles. The molecule has 1 aromatic heterocycles. The van der Waals surface area contributed by atoms with Gasteiger partial charge in [0.25, 0.3) is 0 Å². The molecule has 74 valence electrons. The molecule has 1 aromatic rings. The lowest BCUT2D eigenvalue weighted by Crippen LogP contribution is -1.96. The number of aromatic carboxylic acids is 1. The Morgan fingerprint density at radius 3 is 2.69 bits per heavy atom. The molecular weight excluding hydrogens is 190 g/mol. The number of methoxy groups -OCH3 is 1. The summed E-state index contributed by atoms with van der Waals surface area (Å²) in [4.78, 5) is 14.1. The third-order valence-corrected chi connectivity index (χ3v) is 1.86.